The van der Waals surface area contributed by atoms with Gasteiger partial charge in [0.2, 0.25) is 0 Å². The molecule has 0 heterocycles. The van der Waals surface area contributed by atoms with Gasteiger partial charge in [-0.25, -0.2) is 11.3 Å². The fraction of sp³-hybridized carbons (Fsp3) is 0.267. The second-order valence-corrected chi connectivity index (χ2v) is 10.5. The van der Waals surface area contributed by atoms with Gasteiger partial charge in [0.15, 0.2) is 0 Å². The van der Waals surface area contributed by atoms with Crippen molar-refractivity contribution in [2.75, 3.05) is 0 Å². The molecule has 0 fully saturated rings. The van der Waals surface area contributed by atoms with Crippen LogP contribution in [0.3, 0.4) is 0 Å². The van der Waals surface area contributed by atoms with Crippen molar-refractivity contribution in [3.63, 3.8) is 0 Å². The van der Waals surface area contributed by atoms with Gasteiger partial charge >= 0.3 is 21.7 Å². The van der Waals surface area contributed by atoms with Crippen molar-refractivity contribution >= 4 is 13.3 Å². The summed E-state index contributed by atoms with van der Waals surface area (Å²) >= 11 is 0. The molecule has 0 aliphatic carbocycles. The van der Waals surface area contributed by atoms with Gasteiger partial charge in [-0.2, -0.15) is 17.7 Å². The molecule has 0 spiro atoms. The molecule has 0 aliphatic rings. The van der Waals surface area contributed by atoms with E-state index in [9.17, 15) is 0 Å². The van der Waals surface area contributed by atoms with E-state index in [2.05, 4.69) is 68.2 Å². The van der Waals surface area contributed by atoms with Gasteiger partial charge < -0.3 is 37.2 Å². The summed E-state index contributed by atoms with van der Waals surface area (Å²) in [6, 6.07) is 17.7. The molecular formula is C15H19Cl3SiTi. The minimum absolute atomic E-state index is 0. The van der Waals surface area contributed by atoms with E-state index in [4.69, 9.17) is 0 Å². The summed E-state index contributed by atoms with van der Waals surface area (Å²) in [4.78, 5) is 0. The maximum absolute atomic E-state index is 2.40. The largest absolute Gasteiger partial charge is 4.00 e. The van der Waals surface area contributed by atoms with E-state index < -0.39 is 8.07 Å². The molecule has 0 radical (unpaired) electrons. The van der Waals surface area contributed by atoms with Crippen LogP contribution in [0, 0.1) is 0 Å². The maximum atomic E-state index is 2.40. The van der Waals surface area contributed by atoms with E-state index in [1.165, 1.54) is 11.1 Å². The van der Waals surface area contributed by atoms with E-state index in [-0.39, 0.29) is 58.9 Å². The maximum Gasteiger partial charge on any atom is 4.00 e. The van der Waals surface area contributed by atoms with Crippen molar-refractivity contribution in [1.29, 1.82) is 0 Å². The third-order valence-electron chi connectivity index (χ3n) is 2.93. The van der Waals surface area contributed by atoms with Crippen molar-refractivity contribution in [2.24, 2.45) is 0 Å². The Balaban J connectivity index is -0.000000722. The molecular weight excluding hydrogens is 362 g/mol. The smallest absolute Gasteiger partial charge is 1.00 e. The van der Waals surface area contributed by atoms with Crippen LogP contribution in [0.25, 0.3) is 0 Å². The molecule has 108 valence electrons. The van der Waals surface area contributed by atoms with Crippen molar-refractivity contribution in [3.05, 3.63) is 59.7 Å². The first-order valence-corrected chi connectivity index (χ1v) is 9.36. The van der Waals surface area contributed by atoms with Crippen LogP contribution in [-0.2, 0) is 28.1 Å². The zero-order valence-electron chi connectivity index (χ0n) is 12.0. The normalized spacial score (nSPS) is 9.35. The summed E-state index contributed by atoms with van der Waals surface area (Å²) in [7, 11) is -1.13. The third kappa shape index (κ3) is 7.40. The summed E-state index contributed by atoms with van der Waals surface area (Å²) in [5.41, 5.74) is 2.85. The number of rotatable bonds is 3. The van der Waals surface area contributed by atoms with Gasteiger partial charge in [-0.3, -0.25) is 0 Å². The summed E-state index contributed by atoms with van der Waals surface area (Å²) < 4.78 is 0. The molecule has 0 aromatic heterocycles. The van der Waals surface area contributed by atoms with Crippen molar-refractivity contribution in [3.8, 4) is 0 Å². The molecule has 0 N–H and O–H groups in total. The van der Waals surface area contributed by atoms with Gasteiger partial charge in [-0.05, 0) is 6.42 Å². The number of hydrogen-bond acceptors (Lipinski definition) is 0. The molecule has 0 bridgehead atoms. The van der Waals surface area contributed by atoms with Crippen LogP contribution in [0.5, 0.6) is 0 Å². The first-order valence-electron chi connectivity index (χ1n) is 5.86. The first-order chi connectivity index (χ1) is 7.55. The fourth-order valence-corrected chi connectivity index (χ4v) is 3.10. The number of benzene rings is 1. The van der Waals surface area contributed by atoms with Crippen LogP contribution < -0.4 is 42.4 Å². The molecule has 0 nitrogen and oxygen atoms in total. The molecule has 0 saturated heterocycles. The van der Waals surface area contributed by atoms with Crippen LogP contribution >= 0.6 is 0 Å². The van der Waals surface area contributed by atoms with Gasteiger partial charge in [0.05, 0.1) is 0 Å². The van der Waals surface area contributed by atoms with E-state index >= 15 is 0 Å². The zero-order valence-corrected chi connectivity index (χ0v) is 16.8. The molecule has 2 rings (SSSR count). The molecule has 0 aliphatic heterocycles. The molecule has 2 aromatic carbocycles. The second-order valence-electron chi connectivity index (χ2n) is 5.42. The first kappa shape index (κ1) is 25.3. The minimum atomic E-state index is -1.13. The predicted octanol–water partition coefficient (Wildman–Crippen LogP) is -5.45. The van der Waals surface area contributed by atoms with Crippen molar-refractivity contribution in [2.45, 2.75) is 26.1 Å². The quantitative estimate of drug-likeness (QED) is 0.368. The van der Waals surface area contributed by atoms with E-state index in [0.717, 1.165) is 6.42 Å². The average Bonchev–Trinajstić information content (AvgIpc) is 2.67. The molecule has 0 amide bonds. The average molecular weight is 382 g/mol. The number of halogens is 3. The van der Waals surface area contributed by atoms with Crippen LogP contribution in [0.4, 0.5) is 0 Å². The van der Waals surface area contributed by atoms with Gasteiger partial charge in [-0.1, -0.05) is 55.5 Å². The van der Waals surface area contributed by atoms with Crippen LogP contribution in [0.2, 0.25) is 19.6 Å². The van der Waals surface area contributed by atoms with Crippen molar-refractivity contribution in [1.82, 2.24) is 0 Å². The monoisotopic (exact) mass is 380 g/mol. The summed E-state index contributed by atoms with van der Waals surface area (Å²) in [6.07, 6.45) is 1.06. The van der Waals surface area contributed by atoms with Crippen LogP contribution in [0.15, 0.2) is 48.5 Å². The molecule has 5 heteroatoms. The van der Waals surface area contributed by atoms with Gasteiger partial charge in [0.1, 0.15) is 0 Å². The second kappa shape index (κ2) is 11.0. The Morgan fingerprint density at radius 3 is 1.90 bits per heavy atom. The summed E-state index contributed by atoms with van der Waals surface area (Å²) in [5.74, 6) is 0. The Morgan fingerprint density at radius 2 is 1.45 bits per heavy atom. The van der Waals surface area contributed by atoms with E-state index in [1.54, 1.807) is 5.19 Å². The van der Waals surface area contributed by atoms with Gasteiger partial charge in [0.25, 0.3) is 0 Å². The van der Waals surface area contributed by atoms with Crippen molar-refractivity contribution < 1.29 is 58.9 Å². The topological polar surface area (TPSA) is 0 Å². The molecule has 2 aromatic rings. The minimum Gasteiger partial charge on any atom is -1.00 e. The molecule has 0 unspecified atom stereocenters. The van der Waals surface area contributed by atoms with Gasteiger partial charge in [-0.15, -0.1) is 0 Å². The van der Waals surface area contributed by atoms with E-state index in [1.807, 2.05) is 0 Å². The molecule has 0 atom stereocenters. The Morgan fingerprint density at radius 1 is 0.900 bits per heavy atom. The third-order valence-corrected chi connectivity index (χ3v) is 4.98. The van der Waals surface area contributed by atoms with Gasteiger partial charge in [0, 0.05) is 8.07 Å². The Bertz CT molecular complexity index is 463. The predicted molar refractivity (Wildman–Crippen MR) is 74.3 cm³/mol. The fourth-order valence-electron chi connectivity index (χ4n) is 1.90. The Kier molecular flexibility index (Phi) is 13.9. The summed E-state index contributed by atoms with van der Waals surface area (Å²) in [6.45, 7) is 7.19. The molecule has 0 saturated carbocycles. The Labute approximate surface area is 157 Å². The van der Waals surface area contributed by atoms with Crippen LogP contribution in [0.1, 0.15) is 11.1 Å². The standard InChI is InChI=1S/C15H19Si.3ClH.Ti/c1-16(2,3)15-10-9-14(12-15)11-13-7-5-4-6-8-13;;;;/h4-10,12H,11H2,1-3H3;3*1H;/q-1;;;;+4/p-3. The Hall–Kier alpha value is 0.371. The van der Waals surface area contributed by atoms with Crippen LogP contribution in [-0.4, -0.2) is 8.07 Å². The summed E-state index contributed by atoms with van der Waals surface area (Å²) in [5, 5.41) is 1.57. The number of hydrogen-bond donors (Lipinski definition) is 0. The SMILES string of the molecule is C[Si](C)(C)c1cc[c-](Cc2ccccc2)c1.[Cl-].[Cl-].[Cl-].[Ti+4]. The van der Waals surface area contributed by atoms with E-state index in [0.29, 0.717) is 0 Å². The molecule has 20 heavy (non-hydrogen) atoms. The zero-order chi connectivity index (χ0) is 11.6.